The molecule has 0 aromatic heterocycles. The summed E-state index contributed by atoms with van der Waals surface area (Å²) in [6.45, 7) is 0. The monoisotopic (exact) mass is 387 g/mol. The fourth-order valence-corrected chi connectivity index (χ4v) is 5.65. The van der Waals surface area contributed by atoms with Gasteiger partial charge in [0, 0.05) is 11.8 Å². The third-order valence-corrected chi connectivity index (χ3v) is 6.73. The number of anilines is 1. The summed E-state index contributed by atoms with van der Waals surface area (Å²) in [6.07, 6.45) is 4.83. The highest BCUT2D eigenvalue weighted by molar-refractivity contribution is 6.23. The molecule has 1 aromatic carbocycles. The van der Waals surface area contributed by atoms with Gasteiger partial charge >= 0.3 is 6.18 Å². The second-order valence-electron chi connectivity index (χ2n) is 8.13. The van der Waals surface area contributed by atoms with E-state index in [9.17, 15) is 22.8 Å². The van der Waals surface area contributed by atoms with Crippen molar-refractivity contribution in [2.24, 2.45) is 23.7 Å². The molecule has 3 nitrogen and oxygen atoms in total. The first-order valence-electron chi connectivity index (χ1n) is 9.84. The van der Waals surface area contributed by atoms with Crippen LogP contribution in [0.15, 0.2) is 47.6 Å². The number of alkyl halides is 3. The van der Waals surface area contributed by atoms with Gasteiger partial charge in [-0.15, -0.1) is 0 Å². The number of para-hydroxylation sites is 1. The number of hydrogen-bond acceptors (Lipinski definition) is 2. The molecular weight excluding hydrogens is 367 g/mol. The standard InChI is InChI=1S/C22H20F3NO2/c23-22(24,25)15-8-4-5-9-16(15)26-20(27)18-13-10-11-14(19(18)21(26)28)17(13)12-6-2-1-3-7-12/h4-5,8-11,13-14,18-19H,1-3,6-7H2/t13-,14+,18-,19+. The first-order chi connectivity index (χ1) is 13.4. The number of rotatable bonds is 1. The van der Waals surface area contributed by atoms with Gasteiger partial charge in [0.25, 0.3) is 0 Å². The summed E-state index contributed by atoms with van der Waals surface area (Å²) in [7, 11) is 0. The van der Waals surface area contributed by atoms with E-state index in [2.05, 4.69) is 0 Å². The van der Waals surface area contributed by atoms with Crippen molar-refractivity contribution in [1.29, 1.82) is 0 Å². The molecule has 3 aliphatic carbocycles. The molecule has 1 heterocycles. The number of amides is 2. The molecule has 4 atom stereocenters. The molecular formula is C22H20F3NO2. The summed E-state index contributed by atoms with van der Waals surface area (Å²) in [6, 6.07) is 4.85. The summed E-state index contributed by atoms with van der Waals surface area (Å²) in [5.74, 6) is -2.37. The first-order valence-corrected chi connectivity index (χ1v) is 9.84. The Kier molecular flexibility index (Phi) is 3.83. The van der Waals surface area contributed by atoms with Gasteiger partial charge in [0.1, 0.15) is 0 Å². The van der Waals surface area contributed by atoms with Gasteiger partial charge in [-0.3, -0.25) is 9.59 Å². The lowest BCUT2D eigenvalue weighted by molar-refractivity contribution is -0.137. The second kappa shape index (κ2) is 6.06. The summed E-state index contributed by atoms with van der Waals surface area (Å²) < 4.78 is 40.3. The molecule has 146 valence electrons. The van der Waals surface area contributed by atoms with Gasteiger partial charge in [-0.2, -0.15) is 13.2 Å². The number of allylic oxidation sites excluding steroid dienone is 4. The van der Waals surface area contributed by atoms with E-state index < -0.39 is 35.4 Å². The largest absolute Gasteiger partial charge is 0.418 e. The van der Waals surface area contributed by atoms with E-state index in [0.717, 1.165) is 36.6 Å². The quantitative estimate of drug-likeness (QED) is 0.508. The van der Waals surface area contributed by atoms with Crippen molar-refractivity contribution in [2.45, 2.75) is 38.3 Å². The summed E-state index contributed by atoms with van der Waals surface area (Å²) >= 11 is 0. The lowest BCUT2D eigenvalue weighted by Crippen LogP contribution is -2.35. The van der Waals surface area contributed by atoms with E-state index in [1.165, 1.54) is 35.8 Å². The molecule has 1 saturated heterocycles. The summed E-state index contributed by atoms with van der Waals surface area (Å²) in [5.41, 5.74) is 1.29. The number of carbonyl (C=O) groups excluding carboxylic acids is 2. The Labute approximate surface area is 160 Å². The van der Waals surface area contributed by atoms with Crippen LogP contribution in [0.5, 0.6) is 0 Å². The van der Waals surface area contributed by atoms with Crippen molar-refractivity contribution in [3.05, 3.63) is 53.1 Å². The predicted octanol–water partition coefficient (Wildman–Crippen LogP) is 4.89. The van der Waals surface area contributed by atoms with E-state index in [4.69, 9.17) is 0 Å². The van der Waals surface area contributed by atoms with Crippen LogP contribution in [-0.4, -0.2) is 11.8 Å². The zero-order valence-corrected chi connectivity index (χ0v) is 15.2. The van der Waals surface area contributed by atoms with Crippen molar-refractivity contribution in [1.82, 2.24) is 0 Å². The normalized spacial score (nSPS) is 31.9. The molecule has 1 aromatic rings. The Bertz CT molecular complexity index is 888. The summed E-state index contributed by atoms with van der Waals surface area (Å²) in [4.78, 5) is 27.2. The van der Waals surface area contributed by atoms with Crippen LogP contribution < -0.4 is 4.90 Å². The van der Waals surface area contributed by atoms with E-state index in [0.29, 0.717) is 0 Å². The van der Waals surface area contributed by atoms with E-state index in [1.54, 1.807) is 0 Å². The molecule has 2 bridgehead atoms. The van der Waals surface area contributed by atoms with Crippen LogP contribution in [0.2, 0.25) is 0 Å². The molecule has 0 radical (unpaired) electrons. The van der Waals surface area contributed by atoms with Gasteiger partial charge in [0.05, 0.1) is 23.1 Å². The SMILES string of the molecule is O=C1[C@@H]2[C@H](C(=O)N1c1ccccc1C(F)(F)F)[C@@H]1C=C[C@H]2C1=C1CCCCC1. The maximum absolute atomic E-state index is 13.4. The molecule has 6 heteroatoms. The van der Waals surface area contributed by atoms with Crippen LogP contribution in [0, 0.1) is 23.7 Å². The molecule has 5 rings (SSSR count). The molecule has 1 aliphatic heterocycles. The second-order valence-corrected chi connectivity index (χ2v) is 8.13. The van der Waals surface area contributed by atoms with Gasteiger partial charge in [0.2, 0.25) is 11.8 Å². The van der Waals surface area contributed by atoms with Crippen LogP contribution in [0.25, 0.3) is 0 Å². The Balaban J connectivity index is 1.55. The zero-order chi connectivity index (χ0) is 19.6. The number of fused-ring (bicyclic) bond motifs is 5. The molecule has 2 amide bonds. The molecule has 3 fully saturated rings. The Hall–Kier alpha value is -2.37. The molecule has 2 saturated carbocycles. The molecule has 4 aliphatic rings. The van der Waals surface area contributed by atoms with Crippen molar-refractivity contribution in [3.8, 4) is 0 Å². The van der Waals surface area contributed by atoms with Crippen molar-refractivity contribution in [3.63, 3.8) is 0 Å². The Morgan fingerprint density at radius 3 is 2.00 bits per heavy atom. The highest BCUT2D eigenvalue weighted by Gasteiger charge is 2.62. The molecule has 0 N–H and O–H groups in total. The van der Waals surface area contributed by atoms with Crippen molar-refractivity contribution >= 4 is 17.5 Å². The van der Waals surface area contributed by atoms with Gasteiger partial charge in [-0.1, -0.05) is 41.9 Å². The smallest absolute Gasteiger partial charge is 0.274 e. The van der Waals surface area contributed by atoms with E-state index in [1.807, 2.05) is 12.2 Å². The Morgan fingerprint density at radius 1 is 0.857 bits per heavy atom. The molecule has 28 heavy (non-hydrogen) atoms. The van der Waals surface area contributed by atoms with Gasteiger partial charge < -0.3 is 0 Å². The van der Waals surface area contributed by atoms with Crippen LogP contribution in [0.3, 0.4) is 0 Å². The number of benzene rings is 1. The number of carbonyl (C=O) groups is 2. The minimum atomic E-state index is -4.62. The molecule has 0 unspecified atom stereocenters. The lowest BCUT2D eigenvalue weighted by Gasteiger charge is -2.24. The maximum Gasteiger partial charge on any atom is 0.418 e. The third-order valence-electron chi connectivity index (χ3n) is 6.73. The number of nitrogens with zero attached hydrogens (tertiary/aromatic N) is 1. The average Bonchev–Trinajstić information content (AvgIpc) is 3.31. The minimum absolute atomic E-state index is 0.136. The fourth-order valence-electron chi connectivity index (χ4n) is 5.65. The van der Waals surface area contributed by atoms with Crippen LogP contribution in [0.1, 0.15) is 37.7 Å². The van der Waals surface area contributed by atoms with Gasteiger partial charge in [0.15, 0.2) is 0 Å². The number of halogens is 3. The zero-order valence-electron chi connectivity index (χ0n) is 15.2. The minimum Gasteiger partial charge on any atom is -0.274 e. The highest BCUT2D eigenvalue weighted by Crippen LogP contribution is 2.58. The van der Waals surface area contributed by atoms with Gasteiger partial charge in [-0.25, -0.2) is 4.90 Å². The van der Waals surface area contributed by atoms with E-state index >= 15 is 0 Å². The topological polar surface area (TPSA) is 37.4 Å². The third kappa shape index (κ3) is 2.36. The average molecular weight is 387 g/mol. The van der Waals surface area contributed by atoms with Crippen LogP contribution in [-0.2, 0) is 15.8 Å². The summed E-state index contributed by atoms with van der Waals surface area (Å²) in [5, 5.41) is 0. The van der Waals surface area contributed by atoms with E-state index in [-0.39, 0.29) is 17.5 Å². The highest BCUT2D eigenvalue weighted by atomic mass is 19.4. The Morgan fingerprint density at radius 2 is 1.43 bits per heavy atom. The van der Waals surface area contributed by atoms with Crippen LogP contribution >= 0.6 is 0 Å². The van der Waals surface area contributed by atoms with Crippen molar-refractivity contribution < 1.29 is 22.8 Å². The molecule has 0 spiro atoms. The number of imide groups is 1. The fraction of sp³-hybridized carbons (Fsp3) is 0.455. The predicted molar refractivity (Wildman–Crippen MR) is 97.1 cm³/mol. The first kappa shape index (κ1) is 17.7. The number of hydrogen-bond donors (Lipinski definition) is 0. The maximum atomic E-state index is 13.4. The van der Waals surface area contributed by atoms with Crippen LogP contribution in [0.4, 0.5) is 18.9 Å². The van der Waals surface area contributed by atoms with Gasteiger partial charge in [-0.05, 0) is 37.8 Å². The van der Waals surface area contributed by atoms with Crippen molar-refractivity contribution in [2.75, 3.05) is 4.90 Å². The lowest BCUT2D eigenvalue weighted by atomic mass is 9.85.